The van der Waals surface area contributed by atoms with Gasteiger partial charge in [0.1, 0.15) is 11.6 Å². The van der Waals surface area contributed by atoms with Crippen LogP contribution in [0.2, 0.25) is 0 Å². The van der Waals surface area contributed by atoms with E-state index in [0.29, 0.717) is 0 Å². The maximum atomic E-state index is 8.49. The van der Waals surface area contributed by atoms with E-state index in [1.54, 1.807) is 24.8 Å². The van der Waals surface area contributed by atoms with Gasteiger partial charge in [0.15, 0.2) is 0 Å². The van der Waals surface area contributed by atoms with Crippen molar-refractivity contribution in [2.75, 3.05) is 0 Å². The SMILES string of the molecule is [Cu+2].[O-][Cl+3]([O-])([O-])[O-].[O-][Cl+3]([O-])([O-])[O-].[OH3+].[OH3+].c1cncc(-c2nc3ccccc3[nH]2)c1.c1cncc(-c2nc3ccccc3[nH]2)c1. The molecule has 2 aromatic carbocycles. The van der Waals surface area contributed by atoms with Crippen molar-refractivity contribution >= 4 is 22.1 Å². The van der Waals surface area contributed by atoms with Crippen molar-refractivity contribution in [1.82, 2.24) is 29.9 Å². The number of imidazole rings is 2. The molecule has 0 saturated carbocycles. The molecule has 233 valence electrons. The van der Waals surface area contributed by atoms with Crippen molar-refractivity contribution in [1.29, 1.82) is 0 Å². The van der Waals surface area contributed by atoms with Crippen molar-refractivity contribution < 1.29 is 85.8 Å². The number of fused-ring (bicyclic) bond motifs is 2. The first-order valence-corrected chi connectivity index (χ1v) is 13.3. The minimum atomic E-state index is -4.94. The molecule has 0 bridgehead atoms. The third kappa shape index (κ3) is 14.9. The van der Waals surface area contributed by atoms with Gasteiger partial charge in [-0.15, -0.1) is 20.5 Å². The third-order valence-electron chi connectivity index (χ3n) is 4.65. The third-order valence-corrected chi connectivity index (χ3v) is 4.65. The molecule has 0 aliphatic heterocycles. The van der Waals surface area contributed by atoms with Crippen molar-refractivity contribution in [3.8, 4) is 22.8 Å². The number of H-pyrrole nitrogens is 2. The minimum Gasteiger partial charge on any atom is -0.457 e. The first-order valence-electron chi connectivity index (χ1n) is 10.8. The normalized spacial score (nSPS) is 10.2. The molecule has 43 heavy (non-hydrogen) atoms. The standard InChI is InChI=1S/2C12H9N3.2ClHO4.Cu.2H2O/c2*1-2-6-11-10(5-1)14-12(15-11)9-4-3-7-13-8-9;2*2-1(3,4)5;;;/h2*1-8H,(H,14,15);2*(H,2,3,4,5);;2*1H2/q;;;;+2;;. The molecular weight excluding hydrogens is 667 g/mol. The van der Waals surface area contributed by atoms with Crippen LogP contribution in [0, 0.1) is 20.5 Å². The van der Waals surface area contributed by atoms with Crippen LogP contribution in [0.4, 0.5) is 0 Å². The molecule has 0 unspecified atom stereocenters. The van der Waals surface area contributed by atoms with Gasteiger partial charge in [0.05, 0.1) is 22.1 Å². The second-order valence-electron chi connectivity index (χ2n) is 7.44. The number of pyridine rings is 2. The van der Waals surface area contributed by atoms with Crippen LogP contribution in [0.5, 0.6) is 0 Å². The summed E-state index contributed by atoms with van der Waals surface area (Å²) in [7, 11) is -9.89. The predicted octanol–water partition coefficient (Wildman–Crippen LogP) is -6.11. The second kappa shape index (κ2) is 18.1. The Hall–Kier alpha value is -3.62. The molecule has 8 N–H and O–H groups in total. The molecule has 19 heteroatoms. The summed E-state index contributed by atoms with van der Waals surface area (Å²) in [6.45, 7) is 0. The van der Waals surface area contributed by atoms with Crippen LogP contribution in [0.15, 0.2) is 97.6 Å². The number of hydrogen-bond acceptors (Lipinski definition) is 12. The molecule has 0 saturated heterocycles. The van der Waals surface area contributed by atoms with Gasteiger partial charge in [0.25, 0.3) is 0 Å². The number of rotatable bonds is 2. The number of aromatic amines is 2. The molecule has 0 atom stereocenters. The van der Waals surface area contributed by atoms with E-state index >= 15 is 0 Å². The average Bonchev–Trinajstić information content (AvgIpc) is 3.53. The maximum Gasteiger partial charge on any atom is 2.00 e. The van der Waals surface area contributed by atoms with E-state index in [-0.39, 0.29) is 28.0 Å². The van der Waals surface area contributed by atoms with E-state index < -0.39 is 20.5 Å². The van der Waals surface area contributed by atoms with Gasteiger partial charge >= 0.3 is 17.1 Å². The Kier molecular flexibility index (Phi) is 16.6. The summed E-state index contributed by atoms with van der Waals surface area (Å²) in [4.78, 5) is 23.6. The first-order chi connectivity index (χ1) is 18.9. The number of halogens is 2. The van der Waals surface area contributed by atoms with Crippen molar-refractivity contribution in [2.45, 2.75) is 0 Å². The zero-order valence-corrected chi connectivity index (χ0v) is 24.0. The predicted molar refractivity (Wildman–Crippen MR) is 128 cm³/mol. The van der Waals surface area contributed by atoms with Gasteiger partial charge in [-0.05, 0) is 48.5 Å². The van der Waals surface area contributed by atoms with Crippen LogP contribution in [0.1, 0.15) is 0 Å². The number of nitrogens with zero attached hydrogens (tertiary/aromatic N) is 4. The van der Waals surface area contributed by atoms with Crippen LogP contribution in [-0.2, 0) is 28.0 Å². The Morgan fingerprint density at radius 2 is 0.814 bits per heavy atom. The largest absolute Gasteiger partial charge is 2.00 e. The fraction of sp³-hybridized carbons (Fsp3) is 0. The second-order valence-corrected chi connectivity index (χ2v) is 8.96. The van der Waals surface area contributed by atoms with E-state index in [1.165, 1.54) is 0 Å². The summed E-state index contributed by atoms with van der Waals surface area (Å²) in [6, 6.07) is 23.8. The number of benzene rings is 2. The van der Waals surface area contributed by atoms with Gasteiger partial charge in [-0.3, -0.25) is 9.97 Å². The smallest absolute Gasteiger partial charge is 0.457 e. The van der Waals surface area contributed by atoms with E-state index in [0.717, 1.165) is 44.8 Å². The summed E-state index contributed by atoms with van der Waals surface area (Å²) in [5.41, 5.74) is 6.09. The molecule has 1 radical (unpaired) electrons. The Bertz CT molecular complexity index is 1420. The van der Waals surface area contributed by atoms with Crippen molar-refractivity contribution in [3.05, 3.63) is 97.6 Å². The minimum absolute atomic E-state index is 0. The Morgan fingerprint density at radius 1 is 0.488 bits per heavy atom. The van der Waals surface area contributed by atoms with E-state index in [2.05, 4.69) is 29.9 Å². The average molecular weight is 691 g/mol. The number of aromatic nitrogens is 6. The molecule has 4 heterocycles. The van der Waals surface area contributed by atoms with Crippen molar-refractivity contribution in [2.24, 2.45) is 0 Å². The molecule has 0 aliphatic carbocycles. The fourth-order valence-corrected chi connectivity index (χ4v) is 3.18. The molecule has 0 spiro atoms. The zero-order valence-electron chi connectivity index (χ0n) is 21.5. The fourth-order valence-electron chi connectivity index (χ4n) is 3.18. The maximum absolute atomic E-state index is 8.49. The van der Waals surface area contributed by atoms with E-state index in [9.17, 15) is 0 Å². The number of para-hydroxylation sites is 4. The Balaban J connectivity index is 0.000000598. The van der Waals surface area contributed by atoms with Gasteiger partial charge in [0, 0.05) is 35.9 Å². The molecule has 0 aliphatic rings. The molecule has 16 nitrogen and oxygen atoms in total. The van der Waals surface area contributed by atoms with Gasteiger partial charge in [-0.2, -0.15) is 0 Å². The van der Waals surface area contributed by atoms with Crippen LogP contribution in [0.3, 0.4) is 0 Å². The quantitative estimate of drug-likeness (QED) is 0.127. The molecule has 6 rings (SSSR count). The van der Waals surface area contributed by atoms with Crippen LogP contribution >= 0.6 is 0 Å². The van der Waals surface area contributed by atoms with E-state index in [1.807, 2.05) is 72.8 Å². The summed E-state index contributed by atoms with van der Waals surface area (Å²) in [6.07, 6.45) is 7.12. The summed E-state index contributed by atoms with van der Waals surface area (Å²) in [5.74, 6) is 1.73. The van der Waals surface area contributed by atoms with Crippen LogP contribution < -0.4 is 37.3 Å². The van der Waals surface area contributed by atoms with Gasteiger partial charge < -0.3 is 20.9 Å². The van der Waals surface area contributed by atoms with Crippen LogP contribution in [-0.4, -0.2) is 29.9 Å². The zero-order chi connectivity index (χ0) is 29.2. The van der Waals surface area contributed by atoms with Gasteiger partial charge in [0.2, 0.25) is 0 Å². The monoisotopic (exact) mass is 689 g/mol. The molecular formula is C24H24Cl2CuN6O10+2. The number of hydrogen-bond donors (Lipinski definition) is 2. The van der Waals surface area contributed by atoms with E-state index in [4.69, 9.17) is 37.3 Å². The summed E-state index contributed by atoms with van der Waals surface area (Å²) in [5, 5.41) is 0. The number of nitrogens with one attached hydrogen (secondary N) is 2. The summed E-state index contributed by atoms with van der Waals surface area (Å²) >= 11 is 0. The molecule has 6 aromatic rings. The van der Waals surface area contributed by atoms with Gasteiger partial charge in [-0.25, -0.2) is 47.2 Å². The molecule has 0 fully saturated rings. The Labute approximate surface area is 257 Å². The topological polar surface area (TPSA) is 334 Å². The first kappa shape index (κ1) is 39.4. The van der Waals surface area contributed by atoms with Gasteiger partial charge in [-0.1, -0.05) is 24.3 Å². The molecule has 4 aromatic heterocycles. The molecule has 0 amide bonds. The summed E-state index contributed by atoms with van der Waals surface area (Å²) < 4.78 is 67.9. The van der Waals surface area contributed by atoms with Crippen LogP contribution in [0.25, 0.3) is 44.8 Å². The Morgan fingerprint density at radius 3 is 1.09 bits per heavy atom. The van der Waals surface area contributed by atoms with Crippen molar-refractivity contribution in [3.63, 3.8) is 0 Å².